The number of nitrogens with zero attached hydrogens (tertiary/aromatic N) is 3. The number of aromatic nitrogens is 1. The molecule has 2 aromatic rings. The van der Waals surface area contributed by atoms with Gasteiger partial charge >= 0.3 is 11.7 Å². The smallest absolute Gasteiger partial charge is 0.420 e. The van der Waals surface area contributed by atoms with E-state index in [1.807, 2.05) is 27.7 Å². The quantitative estimate of drug-likeness (QED) is 0.400. The van der Waals surface area contributed by atoms with E-state index in [0.29, 0.717) is 0 Å². The number of oxazole rings is 1. The van der Waals surface area contributed by atoms with E-state index >= 15 is 0 Å². The highest BCUT2D eigenvalue weighted by Crippen LogP contribution is 2.20. The Bertz CT molecular complexity index is 950. The fourth-order valence-electron chi connectivity index (χ4n) is 3.05. The van der Waals surface area contributed by atoms with Crippen molar-refractivity contribution in [2.45, 2.75) is 59.4 Å². The molecule has 0 aliphatic rings. The number of rotatable bonds is 7. The van der Waals surface area contributed by atoms with Gasteiger partial charge in [-0.15, -0.1) is 0 Å². The number of ether oxygens (including phenoxy) is 1. The molecular weight excluding hydrogens is 370 g/mol. The summed E-state index contributed by atoms with van der Waals surface area (Å²) in [4.78, 5) is 48.6. The zero-order valence-electron chi connectivity index (χ0n) is 16.4. The highest BCUT2D eigenvalue weighted by Gasteiger charge is 2.28. The summed E-state index contributed by atoms with van der Waals surface area (Å²) in [6.45, 7) is 8.44. The molecule has 1 aromatic carbocycles. The first-order chi connectivity index (χ1) is 13.0. The predicted octanol–water partition coefficient (Wildman–Crippen LogP) is 2.08. The Balaban J connectivity index is 2.17. The summed E-state index contributed by atoms with van der Waals surface area (Å²) in [6, 6.07) is 3.50. The monoisotopic (exact) mass is 393 g/mol. The van der Waals surface area contributed by atoms with Crippen molar-refractivity contribution in [3.8, 4) is 0 Å². The van der Waals surface area contributed by atoms with Gasteiger partial charge in [-0.2, -0.15) is 0 Å². The van der Waals surface area contributed by atoms with E-state index in [9.17, 15) is 24.5 Å². The summed E-state index contributed by atoms with van der Waals surface area (Å²) in [5.74, 6) is -1.98. The molecule has 1 aromatic heterocycles. The maximum Gasteiger partial charge on any atom is 0.420 e. The lowest BCUT2D eigenvalue weighted by atomic mass is 10.2. The fraction of sp³-hybridized carbons (Fsp3) is 0.500. The summed E-state index contributed by atoms with van der Waals surface area (Å²) in [6.07, 6.45) is -1.02. The molecule has 0 bridgehead atoms. The Morgan fingerprint density at radius 2 is 1.82 bits per heavy atom. The minimum Gasteiger partial charge on any atom is -0.451 e. The Morgan fingerprint density at radius 3 is 2.36 bits per heavy atom. The van der Waals surface area contributed by atoms with Gasteiger partial charge in [-0.05, 0) is 40.7 Å². The normalized spacial score (nSPS) is 12.4. The van der Waals surface area contributed by atoms with E-state index in [4.69, 9.17) is 9.15 Å². The van der Waals surface area contributed by atoms with Crippen molar-refractivity contribution >= 4 is 28.7 Å². The molecule has 10 nitrogen and oxygen atoms in total. The number of fused-ring (bicyclic) bond motifs is 1. The number of esters is 1. The largest absolute Gasteiger partial charge is 0.451 e. The van der Waals surface area contributed by atoms with Crippen LogP contribution in [0.1, 0.15) is 34.6 Å². The third kappa shape index (κ3) is 4.38. The maximum absolute atomic E-state index is 12.5. The molecule has 2 rings (SSSR count). The van der Waals surface area contributed by atoms with Crippen LogP contribution in [0.4, 0.5) is 5.69 Å². The van der Waals surface area contributed by atoms with Gasteiger partial charge in [-0.3, -0.25) is 24.3 Å². The maximum atomic E-state index is 12.5. The second kappa shape index (κ2) is 8.24. The SMILES string of the molecule is CC(C)N(C(=O)[C@H](C)OC(=O)Cn1c(=O)oc2cc([N+](=O)[O-])ccc21)C(C)C. The van der Waals surface area contributed by atoms with Crippen LogP contribution < -0.4 is 5.76 Å². The summed E-state index contributed by atoms with van der Waals surface area (Å²) >= 11 is 0. The van der Waals surface area contributed by atoms with Gasteiger partial charge in [0.05, 0.1) is 16.5 Å². The molecule has 1 atom stereocenters. The van der Waals surface area contributed by atoms with Crippen molar-refractivity contribution in [1.29, 1.82) is 0 Å². The van der Waals surface area contributed by atoms with Crippen LogP contribution >= 0.6 is 0 Å². The van der Waals surface area contributed by atoms with E-state index in [0.717, 1.165) is 10.6 Å². The number of nitro groups is 1. The van der Waals surface area contributed by atoms with Crippen LogP contribution in [-0.2, 0) is 20.9 Å². The Hall–Kier alpha value is -3.17. The Labute approximate surface area is 160 Å². The van der Waals surface area contributed by atoms with E-state index < -0.39 is 29.3 Å². The number of non-ortho nitro benzene ring substituents is 1. The highest BCUT2D eigenvalue weighted by atomic mass is 16.6. The molecule has 0 saturated carbocycles. The number of carbonyl (C=O) groups excluding carboxylic acids is 2. The van der Waals surface area contributed by atoms with Gasteiger partial charge in [0.15, 0.2) is 11.7 Å². The lowest BCUT2D eigenvalue weighted by molar-refractivity contribution is -0.384. The van der Waals surface area contributed by atoms with E-state index in [1.165, 1.54) is 19.1 Å². The van der Waals surface area contributed by atoms with E-state index in [-0.39, 0.29) is 34.8 Å². The average Bonchev–Trinajstić information content (AvgIpc) is 2.88. The van der Waals surface area contributed by atoms with Crippen LogP contribution in [0.5, 0.6) is 0 Å². The van der Waals surface area contributed by atoms with Crippen molar-refractivity contribution in [2.75, 3.05) is 0 Å². The van der Waals surface area contributed by atoms with Crippen molar-refractivity contribution in [3.63, 3.8) is 0 Å². The third-order valence-corrected chi connectivity index (χ3v) is 4.17. The van der Waals surface area contributed by atoms with Gasteiger partial charge in [0, 0.05) is 18.2 Å². The Kier molecular flexibility index (Phi) is 6.22. The van der Waals surface area contributed by atoms with Gasteiger partial charge in [0.2, 0.25) is 0 Å². The first-order valence-corrected chi connectivity index (χ1v) is 8.82. The van der Waals surface area contributed by atoms with Gasteiger partial charge in [-0.25, -0.2) is 4.79 Å². The number of hydrogen-bond acceptors (Lipinski definition) is 7. The molecule has 0 N–H and O–H groups in total. The molecule has 0 spiro atoms. The molecule has 0 saturated heterocycles. The standard InChI is InChI=1S/C18H23N3O7/c1-10(2)20(11(3)4)17(23)12(5)27-16(22)9-19-14-7-6-13(21(25)26)8-15(14)28-18(19)24/h6-8,10-12H,9H2,1-5H3/t12-/m0/s1. The first kappa shape index (κ1) is 21.1. The summed E-state index contributed by atoms with van der Waals surface area (Å²) in [5, 5.41) is 10.8. The average molecular weight is 393 g/mol. The van der Waals surface area contributed by atoms with E-state index in [2.05, 4.69) is 0 Å². The zero-order valence-corrected chi connectivity index (χ0v) is 16.4. The molecule has 0 fully saturated rings. The van der Waals surface area contributed by atoms with Crippen LogP contribution in [0, 0.1) is 10.1 Å². The van der Waals surface area contributed by atoms with E-state index in [1.54, 1.807) is 4.90 Å². The van der Waals surface area contributed by atoms with Crippen LogP contribution in [0.3, 0.4) is 0 Å². The van der Waals surface area contributed by atoms with Crippen molar-refractivity contribution in [1.82, 2.24) is 9.47 Å². The second-order valence-electron chi connectivity index (χ2n) is 6.93. The summed E-state index contributed by atoms with van der Waals surface area (Å²) in [5.41, 5.74) is -0.0305. The van der Waals surface area contributed by atoms with Crippen molar-refractivity contribution in [3.05, 3.63) is 38.9 Å². The fourth-order valence-corrected chi connectivity index (χ4v) is 3.05. The molecule has 152 valence electrons. The van der Waals surface area contributed by atoms with Crippen LogP contribution in [0.15, 0.2) is 27.4 Å². The topological polar surface area (TPSA) is 125 Å². The zero-order chi connectivity index (χ0) is 21.2. The molecule has 0 aliphatic heterocycles. The third-order valence-electron chi connectivity index (χ3n) is 4.17. The van der Waals surface area contributed by atoms with Crippen LogP contribution in [0.2, 0.25) is 0 Å². The molecule has 1 heterocycles. The summed E-state index contributed by atoms with van der Waals surface area (Å²) < 4.78 is 11.2. The highest BCUT2D eigenvalue weighted by molar-refractivity contribution is 5.84. The molecule has 0 unspecified atom stereocenters. The number of benzene rings is 1. The van der Waals surface area contributed by atoms with Crippen LogP contribution in [0.25, 0.3) is 11.1 Å². The number of amides is 1. The molecule has 0 radical (unpaired) electrons. The Morgan fingerprint density at radius 1 is 1.21 bits per heavy atom. The number of nitro benzene ring substituents is 1. The van der Waals surface area contributed by atoms with Crippen molar-refractivity contribution in [2.24, 2.45) is 0 Å². The van der Waals surface area contributed by atoms with Crippen LogP contribution in [-0.4, -0.2) is 44.5 Å². The van der Waals surface area contributed by atoms with Gasteiger partial charge in [0.1, 0.15) is 6.54 Å². The lowest BCUT2D eigenvalue weighted by Gasteiger charge is -2.32. The van der Waals surface area contributed by atoms with Gasteiger partial charge < -0.3 is 14.1 Å². The van der Waals surface area contributed by atoms with Gasteiger partial charge in [-0.1, -0.05) is 0 Å². The predicted molar refractivity (Wildman–Crippen MR) is 99.8 cm³/mol. The molecule has 28 heavy (non-hydrogen) atoms. The van der Waals surface area contributed by atoms with Crippen molar-refractivity contribution < 1.29 is 23.7 Å². The first-order valence-electron chi connectivity index (χ1n) is 8.82. The lowest BCUT2D eigenvalue weighted by Crippen LogP contribution is -2.47. The second-order valence-corrected chi connectivity index (χ2v) is 6.93. The molecule has 10 heteroatoms. The molecular formula is C18H23N3O7. The number of hydrogen-bond donors (Lipinski definition) is 0. The number of carbonyl (C=O) groups is 2. The summed E-state index contributed by atoms with van der Waals surface area (Å²) in [7, 11) is 0. The minimum atomic E-state index is -1.02. The molecule has 1 amide bonds. The van der Waals surface area contributed by atoms with Gasteiger partial charge in [0.25, 0.3) is 11.6 Å². The molecule has 0 aliphatic carbocycles. The minimum absolute atomic E-state index is 0.0121.